The number of rotatable bonds is 3. The molecule has 3 aromatic rings. The molecule has 0 unspecified atom stereocenters. The summed E-state index contributed by atoms with van der Waals surface area (Å²) in [6.45, 7) is 3.94. The van der Waals surface area contributed by atoms with Crippen LogP contribution >= 0.6 is 0 Å². The second kappa shape index (κ2) is 5.08. The first-order chi connectivity index (χ1) is 9.72. The minimum atomic E-state index is 0.295. The standard InChI is InChI=1S/C14H13N5O/c1-9-5-7-15-11(8-9)17-14-19-18-13(20-14)12-10(2)4-3-6-16-12/h3-8H,1-2H3,(H,15,17,19). The Morgan fingerprint density at radius 3 is 2.75 bits per heavy atom. The number of hydrogen-bond donors (Lipinski definition) is 1. The first-order valence-electron chi connectivity index (χ1n) is 6.17. The van der Waals surface area contributed by atoms with Crippen LogP contribution in [-0.2, 0) is 0 Å². The zero-order valence-electron chi connectivity index (χ0n) is 11.2. The Bertz CT molecular complexity index is 738. The zero-order chi connectivity index (χ0) is 13.9. The van der Waals surface area contributed by atoms with Crippen LogP contribution in [0.4, 0.5) is 11.8 Å². The summed E-state index contributed by atoms with van der Waals surface area (Å²) in [5, 5.41) is 10.9. The quantitative estimate of drug-likeness (QED) is 0.786. The molecule has 6 heteroatoms. The summed E-state index contributed by atoms with van der Waals surface area (Å²) in [4.78, 5) is 8.42. The molecule has 0 amide bonds. The van der Waals surface area contributed by atoms with E-state index in [4.69, 9.17) is 4.42 Å². The third-order valence-corrected chi connectivity index (χ3v) is 2.79. The molecule has 20 heavy (non-hydrogen) atoms. The molecule has 0 aliphatic heterocycles. The van der Waals surface area contributed by atoms with Gasteiger partial charge in [-0.05, 0) is 43.2 Å². The maximum atomic E-state index is 5.56. The molecular weight excluding hydrogens is 254 g/mol. The molecule has 3 heterocycles. The van der Waals surface area contributed by atoms with Gasteiger partial charge < -0.3 is 4.42 Å². The average Bonchev–Trinajstić information content (AvgIpc) is 2.87. The summed E-state index contributed by atoms with van der Waals surface area (Å²) in [5.41, 5.74) is 2.77. The Morgan fingerprint density at radius 2 is 1.95 bits per heavy atom. The summed E-state index contributed by atoms with van der Waals surface area (Å²) in [7, 11) is 0. The van der Waals surface area contributed by atoms with E-state index in [1.165, 1.54) is 0 Å². The summed E-state index contributed by atoms with van der Waals surface area (Å²) in [6.07, 6.45) is 3.42. The van der Waals surface area contributed by atoms with Crippen molar-refractivity contribution in [2.75, 3.05) is 5.32 Å². The van der Waals surface area contributed by atoms with Crippen molar-refractivity contribution in [1.82, 2.24) is 20.2 Å². The molecule has 3 aromatic heterocycles. The molecule has 0 aromatic carbocycles. The highest BCUT2D eigenvalue weighted by Crippen LogP contribution is 2.22. The first kappa shape index (κ1) is 12.3. The smallest absolute Gasteiger partial charge is 0.321 e. The van der Waals surface area contributed by atoms with E-state index in [0.717, 1.165) is 11.1 Å². The molecule has 0 aliphatic carbocycles. The zero-order valence-corrected chi connectivity index (χ0v) is 11.2. The van der Waals surface area contributed by atoms with Gasteiger partial charge in [0, 0.05) is 12.4 Å². The largest absolute Gasteiger partial charge is 0.401 e. The van der Waals surface area contributed by atoms with Gasteiger partial charge in [-0.2, -0.15) is 0 Å². The second-order valence-electron chi connectivity index (χ2n) is 4.42. The van der Waals surface area contributed by atoms with Gasteiger partial charge in [-0.1, -0.05) is 11.2 Å². The van der Waals surface area contributed by atoms with Crippen LogP contribution in [0.15, 0.2) is 41.1 Å². The lowest BCUT2D eigenvalue weighted by Crippen LogP contribution is -1.93. The summed E-state index contributed by atoms with van der Waals surface area (Å²) < 4.78 is 5.56. The predicted octanol–water partition coefficient (Wildman–Crippen LogP) is 2.89. The van der Waals surface area contributed by atoms with Gasteiger partial charge in [0.15, 0.2) is 0 Å². The minimum Gasteiger partial charge on any atom is -0.401 e. The van der Waals surface area contributed by atoms with Gasteiger partial charge in [0.25, 0.3) is 5.89 Å². The molecule has 0 saturated carbocycles. The molecule has 6 nitrogen and oxygen atoms in total. The van der Waals surface area contributed by atoms with Crippen LogP contribution < -0.4 is 5.32 Å². The number of hydrogen-bond acceptors (Lipinski definition) is 6. The van der Waals surface area contributed by atoms with Crippen LogP contribution in [0.5, 0.6) is 0 Å². The second-order valence-corrected chi connectivity index (χ2v) is 4.42. The summed E-state index contributed by atoms with van der Waals surface area (Å²) in [5.74, 6) is 1.05. The first-order valence-corrected chi connectivity index (χ1v) is 6.17. The number of nitrogens with one attached hydrogen (secondary N) is 1. The monoisotopic (exact) mass is 267 g/mol. The maximum Gasteiger partial charge on any atom is 0.321 e. The van der Waals surface area contributed by atoms with E-state index in [-0.39, 0.29) is 0 Å². The molecule has 1 N–H and O–H groups in total. The highest BCUT2D eigenvalue weighted by molar-refractivity contribution is 5.54. The number of nitrogens with zero attached hydrogens (tertiary/aromatic N) is 4. The number of aromatic nitrogens is 4. The van der Waals surface area contributed by atoms with Crippen LogP contribution in [0.25, 0.3) is 11.6 Å². The Balaban J connectivity index is 1.86. The molecule has 0 saturated heterocycles. The average molecular weight is 267 g/mol. The van der Waals surface area contributed by atoms with Crippen molar-refractivity contribution in [2.24, 2.45) is 0 Å². The fourth-order valence-corrected chi connectivity index (χ4v) is 1.79. The van der Waals surface area contributed by atoms with Crippen molar-refractivity contribution in [1.29, 1.82) is 0 Å². The van der Waals surface area contributed by atoms with Crippen molar-refractivity contribution in [3.8, 4) is 11.6 Å². The van der Waals surface area contributed by atoms with E-state index in [9.17, 15) is 0 Å². The van der Waals surface area contributed by atoms with E-state index in [1.807, 2.05) is 38.1 Å². The predicted molar refractivity (Wildman–Crippen MR) is 74.5 cm³/mol. The molecule has 0 radical (unpaired) electrons. The summed E-state index contributed by atoms with van der Waals surface area (Å²) in [6, 6.07) is 7.92. The van der Waals surface area contributed by atoms with E-state index in [2.05, 4.69) is 25.5 Å². The van der Waals surface area contributed by atoms with Gasteiger partial charge in [-0.25, -0.2) is 4.98 Å². The van der Waals surface area contributed by atoms with Gasteiger partial charge in [-0.15, -0.1) is 5.10 Å². The normalized spacial score (nSPS) is 10.5. The van der Waals surface area contributed by atoms with Crippen molar-refractivity contribution >= 4 is 11.8 Å². The Kier molecular flexibility index (Phi) is 3.12. The van der Waals surface area contributed by atoms with Crippen molar-refractivity contribution < 1.29 is 4.42 Å². The van der Waals surface area contributed by atoms with Crippen LogP contribution in [0.2, 0.25) is 0 Å². The molecule has 0 fully saturated rings. The minimum absolute atomic E-state index is 0.295. The van der Waals surface area contributed by atoms with Gasteiger partial charge in [0.2, 0.25) is 0 Å². The van der Waals surface area contributed by atoms with Crippen molar-refractivity contribution in [3.63, 3.8) is 0 Å². The van der Waals surface area contributed by atoms with Crippen molar-refractivity contribution in [2.45, 2.75) is 13.8 Å². The third kappa shape index (κ3) is 2.49. The van der Waals surface area contributed by atoms with E-state index < -0.39 is 0 Å². The molecule has 0 aliphatic rings. The lowest BCUT2D eigenvalue weighted by molar-refractivity contribution is 0.584. The number of pyridine rings is 2. The molecule has 3 rings (SSSR count). The third-order valence-electron chi connectivity index (χ3n) is 2.79. The molecule has 0 atom stereocenters. The highest BCUT2D eigenvalue weighted by atomic mass is 16.4. The topological polar surface area (TPSA) is 76.7 Å². The fraction of sp³-hybridized carbons (Fsp3) is 0.143. The lowest BCUT2D eigenvalue weighted by atomic mass is 10.2. The molecule has 0 bridgehead atoms. The van der Waals surface area contributed by atoms with Gasteiger partial charge in [0.1, 0.15) is 11.5 Å². The lowest BCUT2D eigenvalue weighted by Gasteiger charge is -2.00. The Morgan fingerprint density at radius 1 is 1.05 bits per heavy atom. The van der Waals surface area contributed by atoms with Crippen LogP contribution in [0.1, 0.15) is 11.1 Å². The van der Waals surface area contributed by atoms with E-state index in [0.29, 0.717) is 23.4 Å². The molecular formula is C14H13N5O. The van der Waals surface area contributed by atoms with Crippen molar-refractivity contribution in [3.05, 3.63) is 47.8 Å². The molecule has 0 spiro atoms. The van der Waals surface area contributed by atoms with Crippen LogP contribution in [0.3, 0.4) is 0 Å². The van der Waals surface area contributed by atoms with Crippen LogP contribution in [-0.4, -0.2) is 20.2 Å². The maximum absolute atomic E-state index is 5.56. The van der Waals surface area contributed by atoms with Gasteiger partial charge in [0.05, 0.1) is 0 Å². The highest BCUT2D eigenvalue weighted by Gasteiger charge is 2.12. The number of anilines is 2. The van der Waals surface area contributed by atoms with E-state index >= 15 is 0 Å². The van der Waals surface area contributed by atoms with E-state index in [1.54, 1.807) is 12.4 Å². The van der Waals surface area contributed by atoms with Gasteiger partial charge in [-0.3, -0.25) is 10.3 Å². The Hall–Kier alpha value is -2.76. The van der Waals surface area contributed by atoms with Crippen LogP contribution in [0, 0.1) is 13.8 Å². The van der Waals surface area contributed by atoms with Gasteiger partial charge >= 0.3 is 6.01 Å². The fourth-order valence-electron chi connectivity index (χ4n) is 1.79. The molecule has 100 valence electrons. The number of aryl methyl sites for hydroxylation is 2. The summed E-state index contributed by atoms with van der Waals surface area (Å²) >= 11 is 0. The SMILES string of the molecule is Cc1ccnc(Nc2nnc(-c3ncccc3C)o2)c1. The Labute approximate surface area is 115 Å².